The summed E-state index contributed by atoms with van der Waals surface area (Å²) in [5.41, 5.74) is 1.22. The predicted octanol–water partition coefficient (Wildman–Crippen LogP) is 1.000. The van der Waals surface area contributed by atoms with Gasteiger partial charge in [0.15, 0.2) is 0 Å². The molecule has 0 saturated heterocycles. The molecule has 0 spiro atoms. The van der Waals surface area contributed by atoms with Crippen LogP contribution in [0.1, 0.15) is 16.1 Å². The van der Waals surface area contributed by atoms with Crippen LogP contribution >= 0.6 is 0 Å². The van der Waals surface area contributed by atoms with E-state index in [1.807, 2.05) is 18.2 Å². The maximum atomic E-state index is 11.4. The van der Waals surface area contributed by atoms with E-state index in [9.17, 15) is 4.79 Å². The van der Waals surface area contributed by atoms with Gasteiger partial charge in [-0.3, -0.25) is 9.78 Å². The molecule has 0 bridgehead atoms. The van der Waals surface area contributed by atoms with Crippen LogP contribution in [0.2, 0.25) is 0 Å². The monoisotopic (exact) mass is 203 g/mol. The zero-order valence-corrected chi connectivity index (χ0v) is 7.88. The van der Waals surface area contributed by atoms with E-state index in [4.69, 9.17) is 0 Å². The van der Waals surface area contributed by atoms with Crippen LogP contribution in [0.3, 0.4) is 0 Å². The van der Waals surface area contributed by atoms with Crippen molar-refractivity contribution in [1.82, 2.24) is 15.5 Å². The Bertz CT molecular complexity index is 425. The normalized spacial score (nSPS) is 9.87. The van der Waals surface area contributed by atoms with Gasteiger partial charge < -0.3 is 9.84 Å². The molecule has 0 saturated carbocycles. The van der Waals surface area contributed by atoms with Gasteiger partial charge in [0.1, 0.15) is 6.26 Å². The molecule has 2 aromatic rings. The molecule has 15 heavy (non-hydrogen) atoms. The van der Waals surface area contributed by atoms with Crippen LogP contribution in [0.5, 0.6) is 0 Å². The van der Waals surface area contributed by atoms with Crippen LogP contribution in [0.4, 0.5) is 0 Å². The lowest BCUT2D eigenvalue weighted by Crippen LogP contribution is -2.22. The Morgan fingerprint density at radius 3 is 3.07 bits per heavy atom. The first-order chi connectivity index (χ1) is 7.36. The molecule has 1 amide bonds. The van der Waals surface area contributed by atoms with Crippen molar-refractivity contribution in [2.75, 3.05) is 0 Å². The highest BCUT2D eigenvalue weighted by Gasteiger charge is 2.06. The third-order valence-corrected chi connectivity index (χ3v) is 1.85. The second-order valence-corrected chi connectivity index (χ2v) is 2.92. The van der Waals surface area contributed by atoms with Crippen molar-refractivity contribution < 1.29 is 9.32 Å². The van der Waals surface area contributed by atoms with Gasteiger partial charge in [-0.25, -0.2) is 0 Å². The van der Waals surface area contributed by atoms with E-state index in [1.165, 1.54) is 12.5 Å². The van der Waals surface area contributed by atoms with Crippen LogP contribution in [0, 0.1) is 0 Å². The fourth-order valence-corrected chi connectivity index (χ4v) is 1.09. The minimum absolute atomic E-state index is 0.220. The van der Waals surface area contributed by atoms with Gasteiger partial charge in [-0.15, -0.1) is 0 Å². The van der Waals surface area contributed by atoms with E-state index < -0.39 is 0 Å². The van der Waals surface area contributed by atoms with Crippen molar-refractivity contribution in [2.24, 2.45) is 0 Å². The summed E-state index contributed by atoms with van der Waals surface area (Å²) in [5, 5.41) is 6.15. The molecule has 76 valence electrons. The summed E-state index contributed by atoms with van der Waals surface area (Å²) < 4.78 is 4.56. The first kappa shape index (κ1) is 9.39. The second kappa shape index (κ2) is 4.36. The Hall–Kier alpha value is -2.17. The molecule has 0 aliphatic heterocycles. The number of hydrogen-bond acceptors (Lipinski definition) is 4. The van der Waals surface area contributed by atoms with E-state index in [-0.39, 0.29) is 5.91 Å². The van der Waals surface area contributed by atoms with Gasteiger partial charge in [-0.1, -0.05) is 11.2 Å². The van der Waals surface area contributed by atoms with Crippen LogP contribution in [0.25, 0.3) is 0 Å². The van der Waals surface area contributed by atoms with Gasteiger partial charge in [0.2, 0.25) is 0 Å². The highest BCUT2D eigenvalue weighted by atomic mass is 16.5. The van der Waals surface area contributed by atoms with Crippen LogP contribution in [-0.2, 0) is 6.54 Å². The molecule has 0 unspecified atom stereocenters. The number of amides is 1. The lowest BCUT2D eigenvalue weighted by molar-refractivity contribution is 0.0950. The second-order valence-electron chi connectivity index (χ2n) is 2.92. The van der Waals surface area contributed by atoms with Gasteiger partial charge in [0.25, 0.3) is 5.91 Å². The van der Waals surface area contributed by atoms with Crippen LogP contribution < -0.4 is 5.32 Å². The number of pyridine rings is 1. The lowest BCUT2D eigenvalue weighted by Gasteiger charge is -2.01. The average molecular weight is 203 g/mol. The average Bonchev–Trinajstić information content (AvgIpc) is 2.81. The SMILES string of the molecule is O=C(NCc1ccccn1)c1cnoc1. The Balaban J connectivity index is 1.92. The third kappa shape index (κ3) is 2.40. The molecule has 5 nitrogen and oxygen atoms in total. The first-order valence-corrected chi connectivity index (χ1v) is 4.44. The van der Waals surface area contributed by atoms with Gasteiger partial charge in [-0.05, 0) is 12.1 Å². The molecule has 2 rings (SSSR count). The van der Waals surface area contributed by atoms with Crippen LogP contribution in [0.15, 0.2) is 41.4 Å². The van der Waals surface area contributed by atoms with Gasteiger partial charge in [-0.2, -0.15) is 0 Å². The third-order valence-electron chi connectivity index (χ3n) is 1.85. The summed E-state index contributed by atoms with van der Waals surface area (Å²) in [6, 6.07) is 5.53. The highest BCUT2D eigenvalue weighted by molar-refractivity contribution is 5.93. The topological polar surface area (TPSA) is 68.0 Å². The molecule has 0 aliphatic carbocycles. The highest BCUT2D eigenvalue weighted by Crippen LogP contribution is 1.97. The number of nitrogens with zero attached hydrogens (tertiary/aromatic N) is 2. The van der Waals surface area contributed by atoms with E-state index in [2.05, 4.69) is 20.0 Å². The smallest absolute Gasteiger partial charge is 0.256 e. The Kier molecular flexibility index (Phi) is 2.73. The standard InChI is InChI=1S/C10H9N3O2/c14-10(8-5-13-15-7-8)12-6-9-3-1-2-4-11-9/h1-5,7H,6H2,(H,12,14). The molecular formula is C10H9N3O2. The number of rotatable bonds is 3. The summed E-state index contributed by atoms with van der Waals surface area (Å²) in [7, 11) is 0. The van der Waals surface area contributed by atoms with Crippen molar-refractivity contribution in [1.29, 1.82) is 0 Å². The maximum absolute atomic E-state index is 11.4. The molecule has 0 aliphatic rings. The lowest BCUT2D eigenvalue weighted by atomic mass is 10.3. The minimum Gasteiger partial charge on any atom is -0.364 e. The molecule has 0 radical (unpaired) electrons. The molecule has 2 aromatic heterocycles. The van der Waals surface area contributed by atoms with Gasteiger partial charge in [0.05, 0.1) is 24.0 Å². The van der Waals surface area contributed by atoms with Crippen molar-refractivity contribution in [3.63, 3.8) is 0 Å². The summed E-state index contributed by atoms with van der Waals surface area (Å²) in [6.07, 6.45) is 4.35. The van der Waals surface area contributed by atoms with Crippen molar-refractivity contribution in [3.8, 4) is 0 Å². The summed E-state index contributed by atoms with van der Waals surface area (Å²) >= 11 is 0. The number of nitrogens with one attached hydrogen (secondary N) is 1. The fourth-order valence-electron chi connectivity index (χ4n) is 1.09. The largest absolute Gasteiger partial charge is 0.364 e. The molecular weight excluding hydrogens is 194 g/mol. The van der Waals surface area contributed by atoms with E-state index in [1.54, 1.807) is 6.20 Å². The summed E-state index contributed by atoms with van der Waals surface area (Å²) in [6.45, 7) is 0.394. The minimum atomic E-state index is -0.220. The zero-order valence-electron chi connectivity index (χ0n) is 7.88. The number of hydrogen-bond donors (Lipinski definition) is 1. The molecule has 0 fully saturated rings. The van der Waals surface area contributed by atoms with E-state index in [0.29, 0.717) is 12.1 Å². The van der Waals surface area contributed by atoms with Crippen molar-refractivity contribution in [3.05, 3.63) is 48.1 Å². The quantitative estimate of drug-likeness (QED) is 0.808. The molecule has 0 aromatic carbocycles. The van der Waals surface area contributed by atoms with Gasteiger partial charge >= 0.3 is 0 Å². The van der Waals surface area contributed by atoms with E-state index >= 15 is 0 Å². The fraction of sp³-hybridized carbons (Fsp3) is 0.100. The van der Waals surface area contributed by atoms with Crippen molar-refractivity contribution >= 4 is 5.91 Å². The first-order valence-electron chi connectivity index (χ1n) is 4.44. The van der Waals surface area contributed by atoms with E-state index in [0.717, 1.165) is 5.69 Å². The Labute approximate surface area is 86.1 Å². The number of aromatic nitrogens is 2. The number of carbonyl (C=O) groups is 1. The maximum Gasteiger partial charge on any atom is 0.256 e. The van der Waals surface area contributed by atoms with Crippen molar-refractivity contribution in [2.45, 2.75) is 6.54 Å². The molecule has 5 heteroatoms. The Morgan fingerprint density at radius 2 is 2.40 bits per heavy atom. The van der Waals surface area contributed by atoms with Gasteiger partial charge in [0, 0.05) is 6.20 Å². The predicted molar refractivity (Wildman–Crippen MR) is 51.9 cm³/mol. The zero-order chi connectivity index (χ0) is 10.5. The van der Waals surface area contributed by atoms with Crippen LogP contribution in [-0.4, -0.2) is 16.0 Å². The number of carbonyl (C=O) groups excluding carboxylic acids is 1. The molecule has 0 atom stereocenters. The molecule has 1 N–H and O–H groups in total. The summed E-state index contributed by atoms with van der Waals surface area (Å²) in [4.78, 5) is 15.5. The molecule has 2 heterocycles. The summed E-state index contributed by atoms with van der Waals surface area (Å²) in [5.74, 6) is -0.220. The Morgan fingerprint density at radius 1 is 1.47 bits per heavy atom.